The summed E-state index contributed by atoms with van der Waals surface area (Å²) in [5, 5.41) is 0. The normalized spacial score (nSPS) is 28.7. The first-order valence-electron chi connectivity index (χ1n) is 9.61. The highest BCUT2D eigenvalue weighted by molar-refractivity contribution is 5.26. The fourth-order valence-corrected chi connectivity index (χ4v) is 4.65. The lowest BCUT2D eigenvalue weighted by atomic mass is 9.79. The van der Waals surface area contributed by atoms with Crippen molar-refractivity contribution in [1.82, 2.24) is 9.88 Å². The Labute approximate surface area is 156 Å². The van der Waals surface area contributed by atoms with Gasteiger partial charge in [0.1, 0.15) is 6.10 Å². The standard InChI is InChI=1S/C22H28N2O2/c1-17-7-3-4-8-18(17)16-24-14-12-22(25-2)11-10-19(15-20(22)24)26-21-9-5-6-13-23-21/h3-9,13,19-20H,10-12,14-16H2,1-2H3/t19-,20-,22+/m0/s1. The molecule has 26 heavy (non-hydrogen) atoms. The SMILES string of the molecule is CO[C@@]12CC[C@H](Oc3ccccn3)C[C@@H]1N(Cc1ccccc1C)CC2. The molecule has 1 aliphatic carbocycles. The molecule has 1 aromatic carbocycles. The van der Waals surface area contributed by atoms with E-state index in [1.165, 1.54) is 11.1 Å². The van der Waals surface area contributed by atoms with Crippen LogP contribution in [-0.2, 0) is 11.3 Å². The predicted molar refractivity (Wildman–Crippen MR) is 102 cm³/mol. The highest BCUT2D eigenvalue weighted by Crippen LogP contribution is 2.43. The molecule has 138 valence electrons. The van der Waals surface area contributed by atoms with E-state index in [2.05, 4.69) is 41.1 Å². The van der Waals surface area contributed by atoms with Crippen LogP contribution in [0.1, 0.15) is 36.8 Å². The summed E-state index contributed by atoms with van der Waals surface area (Å²) in [6.07, 6.45) is 6.18. The Morgan fingerprint density at radius 1 is 1.15 bits per heavy atom. The average molecular weight is 352 g/mol. The molecule has 0 amide bonds. The molecule has 0 spiro atoms. The molecule has 0 unspecified atom stereocenters. The van der Waals surface area contributed by atoms with Crippen LogP contribution in [0.2, 0.25) is 0 Å². The van der Waals surface area contributed by atoms with E-state index in [4.69, 9.17) is 9.47 Å². The molecule has 0 radical (unpaired) electrons. The Bertz CT molecular complexity index is 736. The van der Waals surface area contributed by atoms with Crippen LogP contribution in [0.3, 0.4) is 0 Å². The van der Waals surface area contributed by atoms with Crippen molar-refractivity contribution in [2.45, 2.75) is 56.9 Å². The quantitative estimate of drug-likeness (QED) is 0.815. The summed E-state index contributed by atoms with van der Waals surface area (Å²) in [5.41, 5.74) is 2.75. The first-order valence-corrected chi connectivity index (χ1v) is 9.61. The molecule has 2 aliphatic rings. The van der Waals surface area contributed by atoms with E-state index in [1.807, 2.05) is 25.3 Å². The van der Waals surface area contributed by atoms with Crippen molar-refractivity contribution in [2.24, 2.45) is 0 Å². The molecule has 1 aliphatic heterocycles. The van der Waals surface area contributed by atoms with Gasteiger partial charge in [0.05, 0.1) is 5.60 Å². The van der Waals surface area contributed by atoms with E-state index in [9.17, 15) is 0 Å². The molecule has 2 aromatic rings. The van der Waals surface area contributed by atoms with Crippen molar-refractivity contribution in [3.63, 3.8) is 0 Å². The van der Waals surface area contributed by atoms with Gasteiger partial charge in [-0.05, 0) is 43.4 Å². The average Bonchev–Trinajstić information content (AvgIpc) is 3.03. The Balaban J connectivity index is 1.50. The molecule has 0 bridgehead atoms. The van der Waals surface area contributed by atoms with Gasteiger partial charge in [-0.1, -0.05) is 30.3 Å². The third kappa shape index (κ3) is 3.36. The van der Waals surface area contributed by atoms with Crippen LogP contribution in [0.15, 0.2) is 48.7 Å². The summed E-state index contributed by atoms with van der Waals surface area (Å²) < 4.78 is 12.3. The summed E-state index contributed by atoms with van der Waals surface area (Å²) in [6, 6.07) is 14.9. The lowest BCUT2D eigenvalue weighted by Crippen LogP contribution is -2.52. The number of aryl methyl sites for hydroxylation is 1. The summed E-state index contributed by atoms with van der Waals surface area (Å²) in [6.45, 7) is 4.27. The van der Waals surface area contributed by atoms with Crippen LogP contribution in [0.5, 0.6) is 5.88 Å². The van der Waals surface area contributed by atoms with Gasteiger partial charge in [-0.15, -0.1) is 0 Å². The van der Waals surface area contributed by atoms with E-state index in [-0.39, 0.29) is 11.7 Å². The van der Waals surface area contributed by atoms with Crippen molar-refractivity contribution in [3.8, 4) is 5.88 Å². The lowest BCUT2D eigenvalue weighted by Gasteiger charge is -2.43. The zero-order valence-corrected chi connectivity index (χ0v) is 15.7. The molecule has 1 saturated heterocycles. The number of pyridine rings is 1. The van der Waals surface area contributed by atoms with Crippen LogP contribution >= 0.6 is 0 Å². The van der Waals surface area contributed by atoms with Gasteiger partial charge in [-0.2, -0.15) is 0 Å². The molecule has 2 heterocycles. The zero-order chi connectivity index (χ0) is 18.0. The molecule has 0 N–H and O–H groups in total. The summed E-state index contributed by atoms with van der Waals surface area (Å²) in [7, 11) is 1.88. The Morgan fingerprint density at radius 2 is 2.00 bits per heavy atom. The highest BCUT2D eigenvalue weighted by atomic mass is 16.5. The molecular formula is C22H28N2O2. The van der Waals surface area contributed by atoms with E-state index >= 15 is 0 Å². The fourth-order valence-electron chi connectivity index (χ4n) is 4.65. The molecule has 3 atom stereocenters. The van der Waals surface area contributed by atoms with Crippen LogP contribution in [0, 0.1) is 6.92 Å². The molecule has 1 aromatic heterocycles. The Morgan fingerprint density at radius 3 is 2.77 bits per heavy atom. The molecule has 4 rings (SSSR count). The van der Waals surface area contributed by atoms with Crippen molar-refractivity contribution >= 4 is 0 Å². The Kier molecular flexibility index (Phi) is 4.96. The first-order chi connectivity index (χ1) is 12.7. The summed E-state index contributed by atoms with van der Waals surface area (Å²) in [5.74, 6) is 0.728. The van der Waals surface area contributed by atoms with Crippen molar-refractivity contribution in [1.29, 1.82) is 0 Å². The van der Waals surface area contributed by atoms with Crippen LogP contribution < -0.4 is 4.74 Å². The number of aromatic nitrogens is 1. The van der Waals surface area contributed by atoms with Crippen molar-refractivity contribution in [2.75, 3.05) is 13.7 Å². The summed E-state index contributed by atoms with van der Waals surface area (Å²) in [4.78, 5) is 6.92. The molecular weight excluding hydrogens is 324 g/mol. The minimum Gasteiger partial charge on any atom is -0.474 e. The van der Waals surface area contributed by atoms with Crippen LogP contribution in [0.4, 0.5) is 0 Å². The maximum atomic E-state index is 6.18. The largest absolute Gasteiger partial charge is 0.474 e. The second kappa shape index (κ2) is 7.37. The number of ether oxygens (including phenoxy) is 2. The fraction of sp³-hybridized carbons (Fsp3) is 0.500. The monoisotopic (exact) mass is 352 g/mol. The van der Waals surface area contributed by atoms with Gasteiger partial charge in [0, 0.05) is 44.9 Å². The minimum absolute atomic E-state index is 0.0212. The lowest BCUT2D eigenvalue weighted by molar-refractivity contribution is -0.0843. The molecule has 1 saturated carbocycles. The van der Waals surface area contributed by atoms with Crippen LogP contribution in [-0.4, -0.2) is 41.3 Å². The topological polar surface area (TPSA) is 34.6 Å². The zero-order valence-electron chi connectivity index (χ0n) is 15.7. The van der Waals surface area contributed by atoms with Gasteiger partial charge in [-0.25, -0.2) is 4.98 Å². The minimum atomic E-state index is -0.0212. The predicted octanol–water partition coefficient (Wildman–Crippen LogP) is 3.98. The Hall–Kier alpha value is -1.91. The number of nitrogens with zero attached hydrogens (tertiary/aromatic N) is 2. The van der Waals surface area contributed by atoms with Gasteiger partial charge in [0.2, 0.25) is 5.88 Å². The van der Waals surface area contributed by atoms with E-state index < -0.39 is 0 Å². The smallest absolute Gasteiger partial charge is 0.213 e. The number of benzene rings is 1. The van der Waals surface area contributed by atoms with E-state index in [0.717, 1.165) is 44.7 Å². The summed E-state index contributed by atoms with van der Waals surface area (Å²) >= 11 is 0. The highest BCUT2D eigenvalue weighted by Gasteiger charge is 2.51. The number of likely N-dealkylation sites (tertiary alicyclic amines) is 1. The number of fused-ring (bicyclic) bond motifs is 1. The first kappa shape index (κ1) is 17.5. The number of hydrogen-bond donors (Lipinski definition) is 0. The maximum Gasteiger partial charge on any atom is 0.213 e. The van der Waals surface area contributed by atoms with Gasteiger partial charge < -0.3 is 9.47 Å². The third-order valence-corrected chi connectivity index (χ3v) is 6.21. The number of methoxy groups -OCH3 is 1. The van der Waals surface area contributed by atoms with E-state index in [0.29, 0.717) is 6.04 Å². The molecule has 2 fully saturated rings. The van der Waals surface area contributed by atoms with E-state index in [1.54, 1.807) is 6.20 Å². The van der Waals surface area contributed by atoms with Crippen molar-refractivity contribution < 1.29 is 9.47 Å². The van der Waals surface area contributed by atoms with Crippen molar-refractivity contribution in [3.05, 3.63) is 59.8 Å². The van der Waals surface area contributed by atoms with Gasteiger partial charge >= 0.3 is 0 Å². The molecule has 4 heteroatoms. The molecule has 4 nitrogen and oxygen atoms in total. The van der Waals surface area contributed by atoms with Gasteiger partial charge in [0.15, 0.2) is 0 Å². The second-order valence-electron chi connectivity index (χ2n) is 7.61. The van der Waals surface area contributed by atoms with Crippen LogP contribution in [0.25, 0.3) is 0 Å². The second-order valence-corrected chi connectivity index (χ2v) is 7.61. The number of hydrogen-bond acceptors (Lipinski definition) is 4. The maximum absolute atomic E-state index is 6.18. The van der Waals surface area contributed by atoms with Gasteiger partial charge in [0.25, 0.3) is 0 Å². The third-order valence-electron chi connectivity index (χ3n) is 6.21. The van der Waals surface area contributed by atoms with Gasteiger partial charge in [-0.3, -0.25) is 4.90 Å². The number of rotatable bonds is 5.